The van der Waals surface area contributed by atoms with Crippen LogP contribution in [-0.2, 0) is 0 Å². The molecule has 10 nitrogen and oxygen atoms in total. The molecule has 0 fully saturated rings. The van der Waals surface area contributed by atoms with Crippen LogP contribution in [0.15, 0.2) is 103 Å². The van der Waals surface area contributed by atoms with Gasteiger partial charge in [-0.1, -0.05) is 72.8 Å². The minimum atomic E-state index is -1.79. The van der Waals surface area contributed by atoms with Crippen molar-refractivity contribution in [2.24, 2.45) is 0 Å². The number of ether oxygens (including phenoxy) is 2. The number of carboxylic acid groups (broad SMARTS) is 4. The molecule has 5 aromatic rings. The maximum absolute atomic E-state index is 12.1. The van der Waals surface area contributed by atoms with Crippen molar-refractivity contribution in [2.45, 2.75) is 12.2 Å². The van der Waals surface area contributed by atoms with Gasteiger partial charge in [0.1, 0.15) is 11.5 Å². The lowest BCUT2D eigenvalue weighted by molar-refractivity contribution is -0.0568. The molecule has 0 atom stereocenters. The van der Waals surface area contributed by atoms with E-state index >= 15 is 0 Å². The second-order valence-corrected chi connectivity index (χ2v) is 10.5. The Labute approximate surface area is 260 Å². The summed E-state index contributed by atoms with van der Waals surface area (Å²) in [7, 11) is 0. The number of carboxylic acids is 4. The van der Waals surface area contributed by atoms with Gasteiger partial charge in [-0.2, -0.15) is 0 Å². The minimum absolute atomic E-state index is 0.0338. The van der Waals surface area contributed by atoms with Crippen LogP contribution in [-0.4, -0.2) is 50.1 Å². The third kappa shape index (κ3) is 5.28. The Balaban J connectivity index is 1.65. The summed E-state index contributed by atoms with van der Waals surface area (Å²) in [4.78, 5) is 47.7. The van der Waals surface area contributed by atoms with E-state index in [1.54, 1.807) is 0 Å². The monoisotopic (exact) mass is 616 g/mol. The van der Waals surface area contributed by atoms with E-state index in [0.717, 1.165) is 40.3 Å². The predicted octanol–water partition coefficient (Wildman–Crippen LogP) is 4.87. The number of benzene rings is 5. The molecule has 0 bridgehead atoms. The number of hydrogen-bond donors (Lipinski definition) is 4. The zero-order valence-corrected chi connectivity index (χ0v) is 23.8. The summed E-state index contributed by atoms with van der Waals surface area (Å²) in [5.41, 5.74) is -0.661. The summed E-state index contributed by atoms with van der Waals surface area (Å²) in [6, 6.07) is 27.9. The van der Waals surface area contributed by atoms with E-state index in [-0.39, 0.29) is 17.9 Å². The van der Waals surface area contributed by atoms with Gasteiger partial charge in [0.05, 0.1) is 27.8 Å². The summed E-state index contributed by atoms with van der Waals surface area (Å²) < 4.78 is 13.2. The van der Waals surface area contributed by atoms with Gasteiger partial charge in [-0.3, -0.25) is 0 Å². The van der Waals surface area contributed by atoms with Gasteiger partial charge in [0.2, 0.25) is 0 Å². The summed E-state index contributed by atoms with van der Waals surface area (Å²) in [6.07, 6.45) is 1.89. The summed E-state index contributed by atoms with van der Waals surface area (Å²) in [5.74, 6) is -7.68. The van der Waals surface area contributed by atoms with Crippen molar-refractivity contribution >= 4 is 46.3 Å². The number of hydrogen-bond acceptors (Lipinski definition) is 6. The highest BCUT2D eigenvalue weighted by atomic mass is 16.7. The third-order valence-electron chi connectivity index (χ3n) is 7.73. The minimum Gasteiger partial charge on any atom is -0.478 e. The van der Waals surface area contributed by atoms with E-state index in [2.05, 4.69) is 0 Å². The van der Waals surface area contributed by atoms with Crippen molar-refractivity contribution in [3.8, 4) is 11.5 Å². The van der Waals surface area contributed by atoms with Gasteiger partial charge in [0.15, 0.2) is 0 Å². The van der Waals surface area contributed by atoms with Crippen molar-refractivity contribution in [3.05, 3.63) is 141 Å². The molecule has 10 heteroatoms. The standard InChI is InChI=1S/C36H24O10/c37-32(38)27-14-12-22(18-29(27)34(41)42)45-36(46-23-13-15-28(33(39)40)30(19-23)35(43)44)17-16-21-7-2-4-10-25(21)31(36)26-11-5-8-20-6-1-3-9-24(20)26/h1-16,18-19H,17H2,(H,37,38)(H,39,40)(H,41,42)(H,43,44). The van der Waals surface area contributed by atoms with Crippen LogP contribution < -0.4 is 19.9 Å². The number of rotatable bonds is 9. The topological polar surface area (TPSA) is 168 Å². The predicted molar refractivity (Wildman–Crippen MR) is 166 cm³/mol. The molecule has 6 rings (SSSR count). The Morgan fingerprint density at radius 1 is 0.565 bits per heavy atom. The van der Waals surface area contributed by atoms with Crippen molar-refractivity contribution in [2.75, 3.05) is 0 Å². The number of fused-ring (bicyclic) bond motifs is 2. The van der Waals surface area contributed by atoms with Crippen LogP contribution >= 0.6 is 0 Å². The molecule has 0 radical (unpaired) electrons. The smallest absolute Gasteiger partial charge is 0.336 e. The van der Waals surface area contributed by atoms with Crippen molar-refractivity contribution in [3.63, 3.8) is 0 Å². The molecule has 0 spiro atoms. The fourth-order valence-corrected chi connectivity index (χ4v) is 5.74. The Morgan fingerprint density at radius 3 is 1.67 bits per heavy atom. The second kappa shape index (κ2) is 11.6. The van der Waals surface area contributed by atoms with Crippen LogP contribution in [0.2, 0.25) is 0 Å². The molecule has 0 saturated carbocycles. The maximum Gasteiger partial charge on any atom is 0.336 e. The first kappa shape index (κ1) is 29.6. The Bertz CT molecular complexity index is 2130. The van der Waals surface area contributed by atoms with E-state index in [4.69, 9.17) is 9.47 Å². The van der Waals surface area contributed by atoms with E-state index in [1.807, 2.05) is 72.8 Å². The SMILES string of the molecule is O=C(O)c1ccc(OC2(Oc3ccc(C(=O)O)c(C(=O)O)c3)CC=c3ccccc3=C2c2cccc3ccccc23)cc1C(=O)O. The third-order valence-corrected chi connectivity index (χ3v) is 7.73. The molecule has 0 unspecified atom stereocenters. The van der Waals surface area contributed by atoms with Crippen LogP contribution in [0.1, 0.15) is 53.4 Å². The molecular weight excluding hydrogens is 592 g/mol. The summed E-state index contributed by atoms with van der Waals surface area (Å²) in [5, 5.41) is 42.1. The first-order valence-electron chi connectivity index (χ1n) is 14.0. The van der Waals surface area contributed by atoms with Crippen LogP contribution in [0.3, 0.4) is 0 Å². The van der Waals surface area contributed by atoms with Gasteiger partial charge in [-0.25, -0.2) is 19.2 Å². The largest absolute Gasteiger partial charge is 0.478 e. The molecule has 0 saturated heterocycles. The molecule has 0 aliphatic heterocycles. The highest BCUT2D eigenvalue weighted by molar-refractivity contribution is 6.03. The van der Waals surface area contributed by atoms with Crippen LogP contribution in [0.4, 0.5) is 0 Å². The van der Waals surface area contributed by atoms with Crippen LogP contribution in [0.5, 0.6) is 11.5 Å². The van der Waals surface area contributed by atoms with Gasteiger partial charge in [0.25, 0.3) is 5.79 Å². The lowest BCUT2D eigenvalue weighted by atomic mass is 9.85. The van der Waals surface area contributed by atoms with E-state index in [1.165, 1.54) is 12.1 Å². The zero-order chi connectivity index (χ0) is 32.6. The van der Waals surface area contributed by atoms with Gasteiger partial charge < -0.3 is 29.9 Å². The molecule has 46 heavy (non-hydrogen) atoms. The van der Waals surface area contributed by atoms with Gasteiger partial charge >= 0.3 is 23.9 Å². The van der Waals surface area contributed by atoms with E-state index < -0.39 is 51.9 Å². The highest BCUT2D eigenvalue weighted by Crippen LogP contribution is 2.40. The number of carbonyl (C=O) groups is 4. The molecular formula is C36H24O10. The average molecular weight is 617 g/mol. The van der Waals surface area contributed by atoms with Crippen LogP contribution in [0, 0.1) is 0 Å². The molecule has 1 aliphatic rings. The molecule has 228 valence electrons. The Hall–Kier alpha value is -6.42. The Kier molecular flexibility index (Phi) is 7.47. The zero-order valence-electron chi connectivity index (χ0n) is 23.8. The normalized spacial score (nSPS) is 13.3. The lowest BCUT2D eigenvalue weighted by Gasteiger charge is -2.38. The first-order valence-corrected chi connectivity index (χ1v) is 14.0. The van der Waals surface area contributed by atoms with Crippen molar-refractivity contribution in [1.29, 1.82) is 0 Å². The molecule has 0 amide bonds. The Morgan fingerprint density at radius 2 is 1.09 bits per heavy atom. The molecule has 0 heterocycles. The summed E-state index contributed by atoms with van der Waals surface area (Å²) in [6.45, 7) is 0. The van der Waals surface area contributed by atoms with E-state index in [9.17, 15) is 39.6 Å². The van der Waals surface area contributed by atoms with Gasteiger partial charge in [-0.15, -0.1) is 0 Å². The molecule has 0 aromatic heterocycles. The second-order valence-electron chi connectivity index (χ2n) is 10.5. The van der Waals surface area contributed by atoms with Gasteiger partial charge in [0, 0.05) is 6.42 Å². The fourth-order valence-electron chi connectivity index (χ4n) is 5.74. The summed E-state index contributed by atoms with van der Waals surface area (Å²) >= 11 is 0. The highest BCUT2D eigenvalue weighted by Gasteiger charge is 2.43. The molecule has 5 aromatic carbocycles. The van der Waals surface area contributed by atoms with E-state index in [0.29, 0.717) is 16.4 Å². The molecule has 1 aliphatic carbocycles. The first-order chi connectivity index (χ1) is 22.1. The lowest BCUT2D eigenvalue weighted by Crippen LogP contribution is -2.51. The quantitative estimate of drug-likeness (QED) is 0.168. The van der Waals surface area contributed by atoms with Gasteiger partial charge in [-0.05, 0) is 63.2 Å². The maximum atomic E-state index is 12.1. The van der Waals surface area contributed by atoms with Crippen molar-refractivity contribution < 1.29 is 49.1 Å². The average Bonchev–Trinajstić information content (AvgIpc) is 3.04. The van der Waals surface area contributed by atoms with Crippen LogP contribution in [0.25, 0.3) is 22.4 Å². The van der Waals surface area contributed by atoms with Crippen molar-refractivity contribution in [1.82, 2.24) is 0 Å². The number of aromatic carboxylic acids is 4. The fraction of sp³-hybridized carbons (Fsp3) is 0.0556. The molecule has 4 N–H and O–H groups in total.